The molecule has 0 aliphatic rings. The molecule has 0 fully saturated rings. The summed E-state index contributed by atoms with van der Waals surface area (Å²) in [4.78, 5) is 38.7. The molecule has 2 N–H and O–H groups in total. The Balaban J connectivity index is 1.99. The van der Waals surface area contributed by atoms with Crippen molar-refractivity contribution in [2.24, 2.45) is 5.92 Å². The van der Waals surface area contributed by atoms with Gasteiger partial charge in [-0.1, -0.05) is 29.8 Å². The van der Waals surface area contributed by atoms with Crippen molar-refractivity contribution in [2.75, 3.05) is 18.9 Å². The normalized spacial score (nSPS) is 11.8. The summed E-state index contributed by atoms with van der Waals surface area (Å²) in [6, 6.07) is 7.86. The number of furan rings is 1. The largest absolute Gasteiger partial charge is 0.459 e. The smallest absolute Gasteiger partial charge is 0.287 e. The first kappa shape index (κ1) is 21.7. The summed E-state index contributed by atoms with van der Waals surface area (Å²) < 4.78 is 5.98. The monoisotopic (exact) mass is 449 g/mol. The fourth-order valence-corrected chi connectivity index (χ4v) is 3.10. The molecule has 0 aliphatic heterocycles. The summed E-state index contributed by atoms with van der Waals surface area (Å²) in [6.07, 6.45) is 1.39. The van der Waals surface area contributed by atoms with Crippen molar-refractivity contribution in [2.45, 2.75) is 26.8 Å². The van der Waals surface area contributed by atoms with Crippen LogP contribution < -0.4 is 10.6 Å². The molecule has 1 unspecified atom stereocenters. The molecule has 1 atom stereocenters. The maximum Gasteiger partial charge on any atom is 0.287 e. The number of carbonyl (C=O) groups excluding carboxylic acids is 3. The first-order chi connectivity index (χ1) is 13.2. The van der Waals surface area contributed by atoms with Gasteiger partial charge in [-0.2, -0.15) is 0 Å². The summed E-state index contributed by atoms with van der Waals surface area (Å²) in [5, 5.41) is 5.48. The molecule has 8 heteroatoms. The molecule has 0 aliphatic carbocycles. The highest BCUT2D eigenvalue weighted by atomic mass is 79.9. The van der Waals surface area contributed by atoms with Crippen LogP contribution in [0.3, 0.4) is 0 Å². The Bertz CT molecular complexity index is 849. The minimum Gasteiger partial charge on any atom is -0.459 e. The number of rotatable bonds is 7. The van der Waals surface area contributed by atoms with E-state index in [2.05, 4.69) is 26.6 Å². The maximum absolute atomic E-state index is 12.8. The van der Waals surface area contributed by atoms with Crippen molar-refractivity contribution in [3.05, 3.63) is 52.4 Å². The molecule has 2 aromatic rings. The van der Waals surface area contributed by atoms with Crippen LogP contribution >= 0.6 is 15.9 Å². The minimum atomic E-state index is -0.773. The number of hydrogen-bond donors (Lipinski definition) is 2. The van der Waals surface area contributed by atoms with E-state index in [1.165, 1.54) is 24.3 Å². The molecule has 2 rings (SSSR count). The molecule has 0 radical (unpaired) electrons. The number of benzene rings is 1. The number of hydrogen-bond acceptors (Lipinski definition) is 4. The van der Waals surface area contributed by atoms with Crippen molar-refractivity contribution < 1.29 is 18.8 Å². The fraction of sp³-hybridized carbons (Fsp3) is 0.350. The van der Waals surface area contributed by atoms with Crippen molar-refractivity contribution in [3.63, 3.8) is 0 Å². The van der Waals surface area contributed by atoms with E-state index >= 15 is 0 Å². The van der Waals surface area contributed by atoms with Crippen LogP contribution in [-0.4, -0.2) is 42.3 Å². The lowest BCUT2D eigenvalue weighted by Crippen LogP contribution is -2.51. The number of carbonyl (C=O) groups is 3. The molecular weight excluding hydrogens is 426 g/mol. The molecule has 1 aromatic heterocycles. The third kappa shape index (κ3) is 5.69. The number of aryl methyl sites for hydroxylation is 1. The van der Waals surface area contributed by atoms with Crippen molar-refractivity contribution >= 4 is 39.3 Å². The minimum absolute atomic E-state index is 0.129. The Morgan fingerprint density at radius 1 is 1.21 bits per heavy atom. The highest BCUT2D eigenvalue weighted by Gasteiger charge is 2.29. The Kier molecular flexibility index (Phi) is 7.39. The van der Waals surface area contributed by atoms with Crippen LogP contribution in [-0.2, 0) is 9.59 Å². The first-order valence-corrected chi connectivity index (χ1v) is 9.63. The maximum atomic E-state index is 12.8. The molecule has 0 saturated carbocycles. The predicted octanol–water partition coefficient (Wildman–Crippen LogP) is 3.20. The predicted molar refractivity (Wildman–Crippen MR) is 110 cm³/mol. The van der Waals surface area contributed by atoms with Crippen molar-refractivity contribution in [1.29, 1.82) is 0 Å². The van der Waals surface area contributed by atoms with E-state index in [-0.39, 0.29) is 30.0 Å². The summed E-state index contributed by atoms with van der Waals surface area (Å²) in [5.41, 5.74) is 1.59. The van der Waals surface area contributed by atoms with Gasteiger partial charge in [-0.15, -0.1) is 0 Å². The molecule has 0 saturated heterocycles. The summed E-state index contributed by atoms with van der Waals surface area (Å²) in [6.45, 7) is 5.40. The van der Waals surface area contributed by atoms with Crippen LogP contribution in [0.25, 0.3) is 0 Å². The molecule has 0 spiro atoms. The average molecular weight is 450 g/mol. The zero-order chi connectivity index (χ0) is 20.8. The summed E-state index contributed by atoms with van der Waals surface area (Å²) >= 11 is 3.38. The number of nitrogens with zero attached hydrogens (tertiary/aromatic N) is 1. The first-order valence-electron chi connectivity index (χ1n) is 8.84. The van der Waals surface area contributed by atoms with E-state index in [1.54, 1.807) is 12.1 Å². The van der Waals surface area contributed by atoms with Crippen LogP contribution in [0, 0.1) is 12.8 Å². The average Bonchev–Trinajstić information content (AvgIpc) is 3.15. The third-order valence-electron chi connectivity index (χ3n) is 4.18. The van der Waals surface area contributed by atoms with Gasteiger partial charge in [0.1, 0.15) is 6.04 Å². The molecule has 3 amide bonds. The van der Waals surface area contributed by atoms with E-state index in [0.29, 0.717) is 5.69 Å². The lowest BCUT2D eigenvalue weighted by atomic mass is 10.0. The van der Waals surface area contributed by atoms with Gasteiger partial charge in [-0.25, -0.2) is 0 Å². The molecule has 150 valence electrons. The van der Waals surface area contributed by atoms with Crippen LogP contribution in [0.4, 0.5) is 5.69 Å². The van der Waals surface area contributed by atoms with Gasteiger partial charge in [0.2, 0.25) is 11.8 Å². The Morgan fingerprint density at radius 2 is 1.93 bits per heavy atom. The third-order valence-corrected chi connectivity index (χ3v) is 4.68. The highest BCUT2D eigenvalue weighted by Crippen LogP contribution is 2.20. The van der Waals surface area contributed by atoms with Crippen molar-refractivity contribution in [1.82, 2.24) is 10.2 Å². The Morgan fingerprint density at radius 3 is 2.50 bits per heavy atom. The highest BCUT2D eigenvalue weighted by molar-refractivity contribution is 9.10. The van der Waals surface area contributed by atoms with E-state index in [0.717, 1.165) is 10.0 Å². The van der Waals surface area contributed by atoms with Gasteiger partial charge in [-0.05, 0) is 48.7 Å². The van der Waals surface area contributed by atoms with Crippen molar-refractivity contribution in [3.8, 4) is 0 Å². The van der Waals surface area contributed by atoms with Gasteiger partial charge in [0.05, 0.1) is 12.8 Å². The fourth-order valence-electron chi connectivity index (χ4n) is 2.62. The van der Waals surface area contributed by atoms with Crippen LogP contribution in [0.5, 0.6) is 0 Å². The van der Waals surface area contributed by atoms with Crippen LogP contribution in [0.1, 0.15) is 30.0 Å². The second kappa shape index (κ2) is 9.54. The second-order valence-electron chi connectivity index (χ2n) is 6.87. The molecule has 1 heterocycles. The number of anilines is 1. The van der Waals surface area contributed by atoms with Crippen LogP contribution in [0.15, 0.2) is 45.5 Å². The van der Waals surface area contributed by atoms with E-state index < -0.39 is 11.9 Å². The zero-order valence-electron chi connectivity index (χ0n) is 16.3. The molecule has 1 aromatic carbocycles. The van der Waals surface area contributed by atoms with Crippen LogP contribution in [0.2, 0.25) is 0 Å². The Hall–Kier alpha value is -2.61. The zero-order valence-corrected chi connectivity index (χ0v) is 17.9. The van der Waals surface area contributed by atoms with E-state index in [9.17, 15) is 14.4 Å². The summed E-state index contributed by atoms with van der Waals surface area (Å²) in [7, 11) is 1.53. The molecule has 0 bridgehead atoms. The molecule has 7 nitrogen and oxygen atoms in total. The number of halogens is 1. The standard InChI is InChI=1S/C20H24BrN3O4/c1-12(2)18(23-19(26)16-6-5-9-28-16)20(27)24(4)11-17(25)22-15-8-7-14(21)10-13(15)3/h5-10,12,18H,11H2,1-4H3,(H,22,25)(H,23,26). The van der Waals surface area contributed by atoms with E-state index in [4.69, 9.17) is 4.42 Å². The summed E-state index contributed by atoms with van der Waals surface area (Å²) in [5.74, 6) is -1.17. The van der Waals surface area contributed by atoms with Gasteiger partial charge in [0, 0.05) is 17.2 Å². The molecule has 28 heavy (non-hydrogen) atoms. The SMILES string of the molecule is Cc1cc(Br)ccc1NC(=O)CN(C)C(=O)C(NC(=O)c1ccco1)C(C)C. The lowest BCUT2D eigenvalue weighted by molar-refractivity contribution is -0.135. The lowest BCUT2D eigenvalue weighted by Gasteiger charge is -2.26. The van der Waals surface area contributed by atoms with Gasteiger partial charge in [0.15, 0.2) is 5.76 Å². The Labute approximate surface area is 172 Å². The van der Waals surface area contributed by atoms with Gasteiger partial charge >= 0.3 is 0 Å². The second-order valence-corrected chi connectivity index (χ2v) is 7.79. The number of nitrogens with one attached hydrogen (secondary N) is 2. The van der Waals surface area contributed by atoms with E-state index in [1.807, 2.05) is 32.9 Å². The van der Waals surface area contributed by atoms with Gasteiger partial charge < -0.3 is 20.0 Å². The number of amides is 3. The number of likely N-dealkylation sites (N-methyl/N-ethyl adjacent to an activating group) is 1. The topological polar surface area (TPSA) is 91.7 Å². The quantitative estimate of drug-likeness (QED) is 0.678. The van der Waals surface area contributed by atoms with Gasteiger partial charge in [-0.3, -0.25) is 14.4 Å². The van der Waals surface area contributed by atoms with Gasteiger partial charge in [0.25, 0.3) is 5.91 Å². The molecular formula is C20H24BrN3O4.